The minimum absolute atomic E-state index is 0.551. The van der Waals surface area contributed by atoms with Crippen LogP contribution in [-0.2, 0) is 6.61 Å². The van der Waals surface area contributed by atoms with Crippen molar-refractivity contribution < 1.29 is 9.47 Å². The van der Waals surface area contributed by atoms with Crippen molar-refractivity contribution in [3.63, 3.8) is 0 Å². The van der Waals surface area contributed by atoms with E-state index < -0.39 is 0 Å². The average Bonchev–Trinajstić information content (AvgIpc) is 2.88. The quantitative estimate of drug-likeness (QED) is 0.773. The molecule has 0 bridgehead atoms. The molecule has 3 rings (SSSR count). The van der Waals surface area contributed by atoms with Crippen LogP contribution in [0.25, 0.3) is 10.9 Å². The van der Waals surface area contributed by atoms with Crippen molar-refractivity contribution in [2.75, 3.05) is 7.11 Å². The summed E-state index contributed by atoms with van der Waals surface area (Å²) < 4.78 is 10.9. The molecule has 20 heavy (non-hydrogen) atoms. The molecular weight excluding hydrogens is 250 g/mol. The lowest BCUT2D eigenvalue weighted by Crippen LogP contribution is -1.94. The van der Waals surface area contributed by atoms with Crippen molar-refractivity contribution in [1.82, 2.24) is 4.98 Å². The second-order valence-electron chi connectivity index (χ2n) is 4.83. The van der Waals surface area contributed by atoms with E-state index in [1.807, 2.05) is 30.5 Å². The number of aromatic amines is 1. The molecule has 2 aromatic carbocycles. The molecule has 1 heterocycles. The Morgan fingerprint density at radius 3 is 2.50 bits per heavy atom. The summed E-state index contributed by atoms with van der Waals surface area (Å²) in [6.45, 7) is 2.64. The molecule has 0 aliphatic heterocycles. The van der Waals surface area contributed by atoms with Gasteiger partial charge in [0, 0.05) is 22.7 Å². The van der Waals surface area contributed by atoms with E-state index >= 15 is 0 Å². The predicted octanol–water partition coefficient (Wildman–Crippen LogP) is 4.06. The first-order chi connectivity index (χ1) is 9.76. The van der Waals surface area contributed by atoms with E-state index in [1.165, 1.54) is 10.9 Å². The smallest absolute Gasteiger partial charge is 0.120 e. The Balaban J connectivity index is 1.76. The van der Waals surface area contributed by atoms with Gasteiger partial charge in [0.05, 0.1) is 7.11 Å². The zero-order chi connectivity index (χ0) is 13.9. The number of aromatic nitrogens is 1. The van der Waals surface area contributed by atoms with Gasteiger partial charge in [0.2, 0.25) is 0 Å². The number of benzene rings is 2. The van der Waals surface area contributed by atoms with Gasteiger partial charge in [-0.15, -0.1) is 0 Å². The normalized spacial score (nSPS) is 10.7. The first kappa shape index (κ1) is 12.6. The Kier molecular flexibility index (Phi) is 3.33. The summed E-state index contributed by atoms with van der Waals surface area (Å²) in [5.74, 6) is 1.67. The van der Waals surface area contributed by atoms with E-state index in [9.17, 15) is 0 Å². The lowest BCUT2D eigenvalue weighted by molar-refractivity contribution is 0.307. The highest BCUT2D eigenvalue weighted by molar-refractivity contribution is 5.83. The molecule has 1 N–H and O–H groups in total. The molecule has 3 nitrogen and oxygen atoms in total. The molecule has 1 aromatic heterocycles. The maximum atomic E-state index is 5.81. The zero-order valence-corrected chi connectivity index (χ0v) is 11.6. The van der Waals surface area contributed by atoms with Gasteiger partial charge < -0.3 is 14.5 Å². The van der Waals surface area contributed by atoms with Crippen LogP contribution in [0.5, 0.6) is 11.5 Å². The van der Waals surface area contributed by atoms with E-state index in [4.69, 9.17) is 9.47 Å². The fraction of sp³-hybridized carbons (Fsp3) is 0.176. The van der Waals surface area contributed by atoms with Crippen LogP contribution in [0.15, 0.2) is 48.7 Å². The molecule has 0 aliphatic carbocycles. The van der Waals surface area contributed by atoms with Gasteiger partial charge in [-0.3, -0.25) is 0 Å². The van der Waals surface area contributed by atoms with Crippen LogP contribution in [0.1, 0.15) is 11.1 Å². The first-order valence-corrected chi connectivity index (χ1v) is 6.60. The first-order valence-electron chi connectivity index (χ1n) is 6.60. The van der Waals surface area contributed by atoms with Gasteiger partial charge >= 0.3 is 0 Å². The maximum absolute atomic E-state index is 5.81. The van der Waals surface area contributed by atoms with Crippen LogP contribution < -0.4 is 9.47 Å². The van der Waals surface area contributed by atoms with E-state index in [0.717, 1.165) is 22.6 Å². The van der Waals surface area contributed by atoms with E-state index in [0.29, 0.717) is 6.61 Å². The second kappa shape index (κ2) is 5.29. The minimum atomic E-state index is 0.551. The van der Waals surface area contributed by atoms with Crippen LogP contribution >= 0.6 is 0 Å². The number of rotatable bonds is 4. The molecule has 0 saturated carbocycles. The van der Waals surface area contributed by atoms with Crippen molar-refractivity contribution >= 4 is 10.9 Å². The highest BCUT2D eigenvalue weighted by Crippen LogP contribution is 2.22. The standard InChI is InChI=1S/C17H17NO2/c1-12-3-8-16-13(10-18-17(16)9-12)11-20-15-6-4-14(19-2)5-7-15/h3-10,18H,11H2,1-2H3. The Morgan fingerprint density at radius 1 is 1.00 bits per heavy atom. The highest BCUT2D eigenvalue weighted by atomic mass is 16.5. The second-order valence-corrected chi connectivity index (χ2v) is 4.83. The largest absolute Gasteiger partial charge is 0.497 e. The fourth-order valence-corrected chi connectivity index (χ4v) is 2.25. The topological polar surface area (TPSA) is 34.2 Å². The lowest BCUT2D eigenvalue weighted by Gasteiger charge is -2.06. The van der Waals surface area contributed by atoms with Crippen molar-refractivity contribution in [2.24, 2.45) is 0 Å². The summed E-state index contributed by atoms with van der Waals surface area (Å²) in [6.07, 6.45) is 2.01. The Labute approximate surface area is 118 Å². The summed E-state index contributed by atoms with van der Waals surface area (Å²) in [6, 6.07) is 14.0. The molecule has 3 aromatic rings. The van der Waals surface area contributed by atoms with E-state index in [2.05, 4.69) is 30.1 Å². The van der Waals surface area contributed by atoms with Crippen LogP contribution in [0.3, 0.4) is 0 Å². The molecule has 0 fully saturated rings. The zero-order valence-electron chi connectivity index (χ0n) is 11.6. The molecular formula is C17H17NO2. The third-order valence-electron chi connectivity index (χ3n) is 3.38. The number of methoxy groups -OCH3 is 1. The van der Waals surface area contributed by atoms with Crippen LogP contribution in [-0.4, -0.2) is 12.1 Å². The summed E-state index contributed by atoms with van der Waals surface area (Å²) in [4.78, 5) is 3.28. The molecule has 102 valence electrons. The molecule has 0 amide bonds. The van der Waals surface area contributed by atoms with Gasteiger partial charge in [-0.25, -0.2) is 0 Å². The third-order valence-corrected chi connectivity index (χ3v) is 3.38. The summed E-state index contributed by atoms with van der Waals surface area (Å²) in [5, 5.41) is 1.21. The Hall–Kier alpha value is -2.42. The van der Waals surface area contributed by atoms with Gasteiger partial charge in [-0.05, 0) is 42.8 Å². The number of ether oxygens (including phenoxy) is 2. The van der Waals surface area contributed by atoms with E-state index in [-0.39, 0.29) is 0 Å². The summed E-state index contributed by atoms with van der Waals surface area (Å²) in [5.41, 5.74) is 3.57. The lowest BCUT2D eigenvalue weighted by atomic mass is 10.1. The van der Waals surface area contributed by atoms with Gasteiger partial charge in [0.25, 0.3) is 0 Å². The minimum Gasteiger partial charge on any atom is -0.497 e. The van der Waals surface area contributed by atoms with Crippen molar-refractivity contribution in [2.45, 2.75) is 13.5 Å². The molecule has 0 saturated heterocycles. The van der Waals surface area contributed by atoms with Gasteiger partial charge in [0.15, 0.2) is 0 Å². The van der Waals surface area contributed by atoms with Crippen molar-refractivity contribution in [3.05, 3.63) is 59.8 Å². The molecule has 0 unspecified atom stereocenters. The van der Waals surface area contributed by atoms with Gasteiger partial charge in [0.1, 0.15) is 18.1 Å². The number of H-pyrrole nitrogens is 1. The van der Waals surface area contributed by atoms with Gasteiger partial charge in [-0.2, -0.15) is 0 Å². The summed E-state index contributed by atoms with van der Waals surface area (Å²) in [7, 11) is 1.66. The Bertz CT molecular complexity index is 713. The predicted molar refractivity (Wildman–Crippen MR) is 80.4 cm³/mol. The number of hydrogen-bond donors (Lipinski definition) is 1. The van der Waals surface area contributed by atoms with Crippen LogP contribution in [0, 0.1) is 6.92 Å². The Morgan fingerprint density at radius 2 is 1.75 bits per heavy atom. The van der Waals surface area contributed by atoms with Crippen LogP contribution in [0.2, 0.25) is 0 Å². The highest BCUT2D eigenvalue weighted by Gasteiger charge is 2.04. The monoisotopic (exact) mass is 267 g/mol. The molecule has 0 atom stereocenters. The average molecular weight is 267 g/mol. The summed E-state index contributed by atoms with van der Waals surface area (Å²) >= 11 is 0. The molecule has 3 heteroatoms. The number of aryl methyl sites for hydroxylation is 1. The number of fused-ring (bicyclic) bond motifs is 1. The number of hydrogen-bond acceptors (Lipinski definition) is 2. The van der Waals surface area contributed by atoms with E-state index in [1.54, 1.807) is 7.11 Å². The van der Waals surface area contributed by atoms with Crippen molar-refractivity contribution in [1.29, 1.82) is 0 Å². The molecule has 0 radical (unpaired) electrons. The third kappa shape index (κ3) is 2.48. The van der Waals surface area contributed by atoms with Crippen molar-refractivity contribution in [3.8, 4) is 11.5 Å². The molecule has 0 spiro atoms. The maximum Gasteiger partial charge on any atom is 0.120 e. The number of nitrogens with one attached hydrogen (secondary N) is 1. The van der Waals surface area contributed by atoms with Gasteiger partial charge in [-0.1, -0.05) is 12.1 Å². The van der Waals surface area contributed by atoms with Crippen LogP contribution in [0.4, 0.5) is 0 Å². The molecule has 0 aliphatic rings. The SMILES string of the molecule is COc1ccc(OCc2c[nH]c3cc(C)ccc23)cc1. The fourth-order valence-electron chi connectivity index (χ4n) is 2.25.